The van der Waals surface area contributed by atoms with Crippen molar-refractivity contribution in [2.75, 3.05) is 20.3 Å². The lowest BCUT2D eigenvalue weighted by molar-refractivity contribution is 0.104. The zero-order chi connectivity index (χ0) is 13.5. The third-order valence-corrected chi connectivity index (χ3v) is 4.00. The molecule has 0 bridgehead atoms. The van der Waals surface area contributed by atoms with Gasteiger partial charge in [-0.1, -0.05) is 30.3 Å². The molecule has 3 heteroatoms. The van der Waals surface area contributed by atoms with Crippen LogP contribution in [-0.4, -0.2) is 31.5 Å². The predicted molar refractivity (Wildman–Crippen MR) is 77.0 cm³/mol. The number of ether oxygens (including phenoxy) is 1. The Bertz CT molecular complexity index is 347. The maximum absolute atomic E-state index is 9.53. The van der Waals surface area contributed by atoms with E-state index in [0.717, 1.165) is 32.2 Å². The Morgan fingerprint density at radius 3 is 2.53 bits per heavy atom. The highest BCUT2D eigenvalue weighted by Crippen LogP contribution is 2.24. The highest BCUT2D eigenvalue weighted by molar-refractivity contribution is 5.18. The van der Waals surface area contributed by atoms with E-state index in [-0.39, 0.29) is 12.1 Å². The van der Waals surface area contributed by atoms with Crippen molar-refractivity contribution in [3.8, 4) is 0 Å². The summed E-state index contributed by atoms with van der Waals surface area (Å²) < 4.78 is 5.31. The number of nitrogens with one attached hydrogen (secondary N) is 1. The summed E-state index contributed by atoms with van der Waals surface area (Å²) in [5.74, 6) is 0.687. The van der Waals surface area contributed by atoms with Crippen molar-refractivity contribution < 1.29 is 9.84 Å². The Hall–Kier alpha value is -0.900. The number of aliphatic hydroxyl groups excluding tert-OH is 1. The second-order valence-electron chi connectivity index (χ2n) is 5.50. The smallest absolute Gasteiger partial charge is 0.0657 e. The van der Waals surface area contributed by atoms with E-state index in [9.17, 15) is 5.11 Å². The minimum atomic E-state index is -0.0693. The summed E-state index contributed by atoms with van der Waals surface area (Å²) in [7, 11) is 1.74. The van der Waals surface area contributed by atoms with Gasteiger partial charge in [-0.15, -0.1) is 0 Å². The van der Waals surface area contributed by atoms with Crippen LogP contribution in [0.2, 0.25) is 0 Å². The molecule has 2 N–H and O–H groups in total. The largest absolute Gasteiger partial charge is 0.393 e. The number of hydrogen-bond donors (Lipinski definition) is 2. The van der Waals surface area contributed by atoms with E-state index in [2.05, 4.69) is 29.6 Å². The number of rotatable bonds is 6. The first-order chi connectivity index (χ1) is 9.29. The first-order valence-corrected chi connectivity index (χ1v) is 7.25. The SMILES string of the molecule is COCC(NCC1CCC(O)CC1)c1ccccc1. The van der Waals surface area contributed by atoms with Crippen LogP contribution in [0.3, 0.4) is 0 Å². The summed E-state index contributed by atoms with van der Waals surface area (Å²) in [5, 5.41) is 13.1. The van der Waals surface area contributed by atoms with Gasteiger partial charge in [0.15, 0.2) is 0 Å². The van der Waals surface area contributed by atoms with Crippen LogP contribution in [0.1, 0.15) is 37.3 Å². The molecule has 1 unspecified atom stereocenters. The van der Waals surface area contributed by atoms with E-state index in [1.54, 1.807) is 7.11 Å². The van der Waals surface area contributed by atoms with Crippen LogP contribution in [0.5, 0.6) is 0 Å². The van der Waals surface area contributed by atoms with E-state index >= 15 is 0 Å². The molecule has 0 spiro atoms. The second kappa shape index (κ2) is 7.63. The Labute approximate surface area is 116 Å². The van der Waals surface area contributed by atoms with Gasteiger partial charge in [-0.25, -0.2) is 0 Å². The van der Waals surface area contributed by atoms with Crippen LogP contribution >= 0.6 is 0 Å². The fourth-order valence-corrected chi connectivity index (χ4v) is 2.78. The third kappa shape index (κ3) is 4.60. The summed E-state index contributed by atoms with van der Waals surface area (Å²) in [5.41, 5.74) is 1.28. The molecule has 0 saturated heterocycles. The quantitative estimate of drug-likeness (QED) is 0.828. The van der Waals surface area contributed by atoms with E-state index in [1.807, 2.05) is 6.07 Å². The van der Waals surface area contributed by atoms with Crippen molar-refractivity contribution in [2.45, 2.75) is 37.8 Å². The second-order valence-corrected chi connectivity index (χ2v) is 5.50. The Balaban J connectivity index is 1.84. The van der Waals surface area contributed by atoms with Crippen LogP contribution in [0, 0.1) is 5.92 Å². The Kier molecular flexibility index (Phi) is 5.83. The van der Waals surface area contributed by atoms with Gasteiger partial charge in [0.05, 0.1) is 18.8 Å². The first-order valence-electron chi connectivity index (χ1n) is 7.25. The zero-order valence-electron chi connectivity index (χ0n) is 11.7. The lowest BCUT2D eigenvalue weighted by Crippen LogP contribution is -2.32. The van der Waals surface area contributed by atoms with Crippen molar-refractivity contribution in [1.29, 1.82) is 0 Å². The number of hydrogen-bond acceptors (Lipinski definition) is 3. The molecular formula is C16H25NO2. The van der Waals surface area contributed by atoms with Gasteiger partial charge in [-0.05, 0) is 43.7 Å². The molecule has 19 heavy (non-hydrogen) atoms. The van der Waals surface area contributed by atoms with Gasteiger partial charge in [0, 0.05) is 7.11 Å². The number of aliphatic hydroxyl groups is 1. The van der Waals surface area contributed by atoms with Gasteiger partial charge in [0.2, 0.25) is 0 Å². The molecule has 0 aliphatic heterocycles. The van der Waals surface area contributed by atoms with Gasteiger partial charge in [-0.2, -0.15) is 0 Å². The Morgan fingerprint density at radius 1 is 1.21 bits per heavy atom. The van der Waals surface area contributed by atoms with Gasteiger partial charge in [-0.3, -0.25) is 0 Å². The molecule has 1 atom stereocenters. The molecule has 1 aromatic carbocycles. The number of benzene rings is 1. The molecule has 1 saturated carbocycles. The topological polar surface area (TPSA) is 41.5 Å². The van der Waals surface area contributed by atoms with Crippen LogP contribution < -0.4 is 5.32 Å². The van der Waals surface area contributed by atoms with Crippen molar-refractivity contribution in [3.63, 3.8) is 0 Å². The predicted octanol–water partition coefficient (Wildman–Crippen LogP) is 2.51. The van der Waals surface area contributed by atoms with E-state index in [0.29, 0.717) is 12.5 Å². The van der Waals surface area contributed by atoms with Crippen LogP contribution in [0.25, 0.3) is 0 Å². The molecule has 106 valence electrons. The molecule has 1 aliphatic carbocycles. The summed E-state index contributed by atoms with van der Waals surface area (Å²) in [6.45, 7) is 1.70. The average Bonchev–Trinajstić information content (AvgIpc) is 2.46. The molecule has 0 amide bonds. The summed E-state index contributed by atoms with van der Waals surface area (Å²) in [6, 6.07) is 10.7. The van der Waals surface area contributed by atoms with Crippen LogP contribution in [0.4, 0.5) is 0 Å². The summed E-state index contributed by atoms with van der Waals surface area (Å²) in [4.78, 5) is 0. The maximum Gasteiger partial charge on any atom is 0.0657 e. The third-order valence-electron chi connectivity index (χ3n) is 4.00. The molecule has 0 heterocycles. The molecule has 1 aliphatic rings. The molecular weight excluding hydrogens is 238 g/mol. The van der Waals surface area contributed by atoms with Gasteiger partial charge < -0.3 is 15.2 Å². The van der Waals surface area contributed by atoms with E-state index < -0.39 is 0 Å². The van der Waals surface area contributed by atoms with Gasteiger partial charge in [0.1, 0.15) is 0 Å². The fourth-order valence-electron chi connectivity index (χ4n) is 2.78. The Morgan fingerprint density at radius 2 is 1.89 bits per heavy atom. The lowest BCUT2D eigenvalue weighted by atomic mass is 9.87. The summed E-state index contributed by atoms with van der Waals surface area (Å²) in [6.07, 6.45) is 4.09. The molecule has 0 radical (unpaired) electrons. The standard InChI is InChI=1S/C16H25NO2/c1-19-12-16(14-5-3-2-4-6-14)17-11-13-7-9-15(18)10-8-13/h2-6,13,15-18H,7-12H2,1H3. The van der Waals surface area contributed by atoms with Crippen molar-refractivity contribution in [1.82, 2.24) is 5.32 Å². The van der Waals surface area contributed by atoms with Crippen LogP contribution in [-0.2, 0) is 4.74 Å². The molecule has 1 aromatic rings. The zero-order valence-corrected chi connectivity index (χ0v) is 11.7. The first kappa shape index (κ1) is 14.5. The van der Waals surface area contributed by atoms with E-state index in [1.165, 1.54) is 5.56 Å². The minimum Gasteiger partial charge on any atom is -0.393 e. The monoisotopic (exact) mass is 263 g/mol. The number of methoxy groups -OCH3 is 1. The van der Waals surface area contributed by atoms with Crippen molar-refractivity contribution in [3.05, 3.63) is 35.9 Å². The van der Waals surface area contributed by atoms with Gasteiger partial charge in [0.25, 0.3) is 0 Å². The highest BCUT2D eigenvalue weighted by Gasteiger charge is 2.20. The fraction of sp³-hybridized carbons (Fsp3) is 0.625. The van der Waals surface area contributed by atoms with Gasteiger partial charge >= 0.3 is 0 Å². The minimum absolute atomic E-state index is 0.0693. The van der Waals surface area contributed by atoms with E-state index in [4.69, 9.17) is 4.74 Å². The highest BCUT2D eigenvalue weighted by atomic mass is 16.5. The normalized spacial score (nSPS) is 25.2. The summed E-state index contributed by atoms with van der Waals surface area (Å²) >= 11 is 0. The van der Waals surface area contributed by atoms with Crippen molar-refractivity contribution >= 4 is 0 Å². The maximum atomic E-state index is 9.53. The molecule has 2 rings (SSSR count). The molecule has 0 aromatic heterocycles. The molecule has 1 fully saturated rings. The van der Waals surface area contributed by atoms with Crippen molar-refractivity contribution in [2.24, 2.45) is 5.92 Å². The van der Waals surface area contributed by atoms with Crippen LogP contribution in [0.15, 0.2) is 30.3 Å². The average molecular weight is 263 g/mol. The molecule has 3 nitrogen and oxygen atoms in total. The lowest BCUT2D eigenvalue weighted by Gasteiger charge is -2.27.